The van der Waals surface area contributed by atoms with Crippen LogP contribution in [0.15, 0.2) is 144 Å². The largest absolute Gasteiger partial charge is 0.473 e. The number of nitrogens with zero attached hydrogens (tertiary/aromatic N) is 2. The normalized spacial score (nSPS) is 14.5. The molecular weight excluding hydrogens is 559 g/mol. The van der Waals surface area contributed by atoms with E-state index in [1.54, 1.807) is 0 Å². The van der Waals surface area contributed by atoms with Crippen molar-refractivity contribution in [3.05, 3.63) is 151 Å². The van der Waals surface area contributed by atoms with Gasteiger partial charge in [-0.25, -0.2) is 0 Å². The van der Waals surface area contributed by atoms with Crippen molar-refractivity contribution in [2.45, 2.75) is 25.7 Å². The molecule has 10 rings (SSSR count). The second-order valence-electron chi connectivity index (χ2n) is 12.7. The Morgan fingerprint density at radius 1 is 0.565 bits per heavy atom. The first-order valence-electron chi connectivity index (χ1n) is 16.4. The number of aryl methyl sites for hydroxylation is 1. The number of para-hydroxylation sites is 3. The molecule has 0 N–H and O–H groups in total. The van der Waals surface area contributed by atoms with E-state index in [4.69, 9.17) is 4.42 Å². The van der Waals surface area contributed by atoms with Crippen LogP contribution in [0.5, 0.6) is 0 Å². The van der Waals surface area contributed by atoms with Crippen LogP contribution < -0.4 is 26.4 Å². The Balaban J connectivity index is 1.36. The quantitative estimate of drug-likeness (QED) is 0.192. The predicted molar refractivity (Wildman–Crippen MR) is 192 cm³/mol. The van der Waals surface area contributed by atoms with Crippen LogP contribution in [0.1, 0.15) is 24.2 Å². The summed E-state index contributed by atoms with van der Waals surface area (Å²) in [5.41, 5.74) is 14.7. The van der Waals surface area contributed by atoms with Gasteiger partial charge in [0.2, 0.25) is 0 Å². The Morgan fingerprint density at radius 3 is 2.04 bits per heavy atom. The number of rotatable bonds is 3. The van der Waals surface area contributed by atoms with Crippen molar-refractivity contribution in [3.8, 4) is 11.1 Å². The summed E-state index contributed by atoms with van der Waals surface area (Å²) < 4.78 is 7.04. The molecule has 7 aromatic rings. The third-order valence-corrected chi connectivity index (χ3v) is 10.2. The number of furan rings is 1. The minimum atomic E-state index is 0.00305. The average Bonchev–Trinajstić information content (AvgIpc) is 3.51. The maximum atomic E-state index is 7.04. The molecule has 6 aromatic carbocycles. The van der Waals surface area contributed by atoms with Crippen molar-refractivity contribution in [2.24, 2.45) is 0 Å². The zero-order valence-corrected chi connectivity index (χ0v) is 25.5. The Labute approximate surface area is 269 Å². The molecule has 0 unspecified atom stereocenters. The van der Waals surface area contributed by atoms with Crippen molar-refractivity contribution < 1.29 is 4.42 Å². The van der Waals surface area contributed by atoms with Gasteiger partial charge in [0.15, 0.2) is 0 Å². The molecule has 3 nitrogen and oxygen atoms in total. The molecule has 3 aliphatic rings. The highest BCUT2D eigenvalue weighted by Crippen LogP contribution is 2.48. The Morgan fingerprint density at radius 2 is 1.22 bits per heavy atom. The van der Waals surface area contributed by atoms with E-state index < -0.39 is 0 Å². The highest BCUT2D eigenvalue weighted by molar-refractivity contribution is 6.99. The van der Waals surface area contributed by atoms with E-state index in [2.05, 4.69) is 149 Å². The van der Waals surface area contributed by atoms with Crippen molar-refractivity contribution >= 4 is 68.2 Å². The zero-order chi connectivity index (χ0) is 30.2. The molecule has 4 heteroatoms. The third kappa shape index (κ3) is 3.67. The van der Waals surface area contributed by atoms with Crippen molar-refractivity contribution in [2.75, 3.05) is 9.80 Å². The van der Waals surface area contributed by atoms with Crippen LogP contribution in [0.25, 0.3) is 21.9 Å². The fraction of sp³-hybridized carbons (Fsp3) is 0.0952. The molecule has 3 heterocycles. The number of benzene rings is 6. The van der Waals surface area contributed by atoms with E-state index in [0.29, 0.717) is 0 Å². The van der Waals surface area contributed by atoms with Crippen LogP contribution in [-0.4, -0.2) is 6.71 Å². The molecule has 0 saturated carbocycles. The molecule has 0 fully saturated rings. The molecular formula is C42H31BN2O. The fourth-order valence-corrected chi connectivity index (χ4v) is 8.25. The summed E-state index contributed by atoms with van der Waals surface area (Å²) in [6.07, 6.45) is 4.42. The van der Waals surface area contributed by atoms with Gasteiger partial charge in [0, 0.05) is 40.4 Å². The number of anilines is 6. The van der Waals surface area contributed by atoms with Crippen LogP contribution in [0, 0.1) is 0 Å². The molecule has 0 bridgehead atoms. The molecule has 1 aliphatic carbocycles. The van der Waals surface area contributed by atoms with E-state index in [-0.39, 0.29) is 6.71 Å². The van der Waals surface area contributed by atoms with Crippen LogP contribution in [0.4, 0.5) is 34.1 Å². The summed E-state index contributed by atoms with van der Waals surface area (Å²) in [7, 11) is 0. The monoisotopic (exact) mass is 590 g/mol. The van der Waals surface area contributed by atoms with Gasteiger partial charge in [-0.3, -0.25) is 0 Å². The van der Waals surface area contributed by atoms with Gasteiger partial charge in [0.1, 0.15) is 5.76 Å². The number of hydrogen-bond acceptors (Lipinski definition) is 3. The summed E-state index contributed by atoms with van der Waals surface area (Å²) in [6.45, 7) is 0.00305. The summed E-state index contributed by atoms with van der Waals surface area (Å²) >= 11 is 0. The van der Waals surface area contributed by atoms with E-state index in [0.717, 1.165) is 24.2 Å². The maximum absolute atomic E-state index is 7.04. The van der Waals surface area contributed by atoms with Crippen LogP contribution in [0.3, 0.4) is 0 Å². The highest BCUT2D eigenvalue weighted by atomic mass is 16.3. The molecule has 0 amide bonds. The second-order valence-corrected chi connectivity index (χ2v) is 12.7. The standard InChI is InChI=1S/C42H31BN2O/c1-3-16-30(17-4-1)44-36-24-11-10-23-35(36)43-40-37(44)26-29(33-22-13-15-28-14-7-8-20-32(28)33)27-38(40)45(31-18-5-2-6-19-31)41-34-21-9-12-25-39(34)46-42(41)43/h1-8,10-11,13-20,22-24,26-27H,9,12,21,25H2. The van der Waals surface area contributed by atoms with Gasteiger partial charge in [-0.2, -0.15) is 0 Å². The van der Waals surface area contributed by atoms with Gasteiger partial charge in [-0.05, 0) is 94.6 Å². The lowest BCUT2D eigenvalue weighted by Gasteiger charge is -2.43. The Bertz CT molecular complexity index is 2290. The highest BCUT2D eigenvalue weighted by Gasteiger charge is 2.47. The maximum Gasteiger partial charge on any atom is 0.297 e. The van der Waals surface area contributed by atoms with E-state index in [1.807, 2.05) is 0 Å². The topological polar surface area (TPSA) is 19.6 Å². The Hall–Kier alpha value is -5.48. The van der Waals surface area contributed by atoms with Crippen molar-refractivity contribution in [1.82, 2.24) is 0 Å². The SMILES string of the molecule is c1ccc(N2c3ccccc3B3c4oc5c(c4N(c4ccccc4)c4cc(-c6cccc7ccccc67)cc2c43)CCCC5)cc1. The van der Waals surface area contributed by atoms with E-state index in [9.17, 15) is 0 Å². The third-order valence-electron chi connectivity index (χ3n) is 10.2. The van der Waals surface area contributed by atoms with E-state index in [1.165, 1.54) is 85.4 Å². The van der Waals surface area contributed by atoms with Gasteiger partial charge in [-0.1, -0.05) is 97.1 Å². The predicted octanol–water partition coefficient (Wildman–Crippen LogP) is 9.06. The van der Waals surface area contributed by atoms with Gasteiger partial charge in [-0.15, -0.1) is 0 Å². The second kappa shape index (κ2) is 10.0. The number of fused-ring (bicyclic) bond motifs is 7. The number of hydrogen-bond donors (Lipinski definition) is 0. The lowest BCUT2D eigenvalue weighted by atomic mass is 9.35. The van der Waals surface area contributed by atoms with Crippen molar-refractivity contribution in [3.63, 3.8) is 0 Å². The van der Waals surface area contributed by atoms with Crippen LogP contribution >= 0.6 is 0 Å². The molecule has 218 valence electrons. The molecule has 2 aliphatic heterocycles. The van der Waals surface area contributed by atoms with E-state index >= 15 is 0 Å². The van der Waals surface area contributed by atoms with Gasteiger partial charge >= 0.3 is 0 Å². The zero-order valence-electron chi connectivity index (χ0n) is 25.5. The summed E-state index contributed by atoms with van der Waals surface area (Å²) in [5, 5.41) is 2.51. The average molecular weight is 591 g/mol. The summed E-state index contributed by atoms with van der Waals surface area (Å²) in [5.74, 6) is 1.17. The van der Waals surface area contributed by atoms with Crippen LogP contribution in [0.2, 0.25) is 0 Å². The fourth-order valence-electron chi connectivity index (χ4n) is 8.25. The first kappa shape index (κ1) is 25.8. The Kier molecular flexibility index (Phi) is 5.62. The molecule has 0 saturated heterocycles. The first-order valence-corrected chi connectivity index (χ1v) is 16.4. The minimum absolute atomic E-state index is 0.00305. The minimum Gasteiger partial charge on any atom is -0.473 e. The summed E-state index contributed by atoms with van der Waals surface area (Å²) in [4.78, 5) is 4.99. The van der Waals surface area contributed by atoms with Gasteiger partial charge in [0.05, 0.1) is 11.3 Å². The van der Waals surface area contributed by atoms with Gasteiger partial charge in [0.25, 0.3) is 6.71 Å². The first-order chi connectivity index (χ1) is 22.8. The molecule has 0 spiro atoms. The molecule has 46 heavy (non-hydrogen) atoms. The summed E-state index contributed by atoms with van der Waals surface area (Å²) in [6, 6.07) is 51.0. The van der Waals surface area contributed by atoms with Crippen LogP contribution in [-0.2, 0) is 12.8 Å². The molecule has 0 radical (unpaired) electrons. The van der Waals surface area contributed by atoms with Gasteiger partial charge < -0.3 is 14.2 Å². The lowest BCUT2D eigenvalue weighted by molar-refractivity contribution is 0.497. The molecule has 0 atom stereocenters. The van der Waals surface area contributed by atoms with Crippen molar-refractivity contribution in [1.29, 1.82) is 0 Å². The molecule has 1 aromatic heterocycles. The smallest absolute Gasteiger partial charge is 0.297 e. The lowest BCUT2D eigenvalue weighted by Crippen LogP contribution is -2.61.